The smallest absolute Gasteiger partial charge is 0.0457 e. The topological polar surface area (TPSA) is 0 Å². The van der Waals surface area contributed by atoms with Gasteiger partial charge in [0.25, 0.3) is 0 Å². The first-order valence-corrected chi connectivity index (χ1v) is 26.4. The summed E-state index contributed by atoms with van der Waals surface area (Å²) in [7, 11) is 0. The van der Waals surface area contributed by atoms with Crippen molar-refractivity contribution < 1.29 is 0 Å². The highest BCUT2D eigenvalue weighted by atomic mass is 14.5. The van der Waals surface area contributed by atoms with Gasteiger partial charge in [0.1, 0.15) is 0 Å². The molecule has 0 aliphatic heterocycles. The highest BCUT2D eigenvalue weighted by molar-refractivity contribution is 5.61. The van der Waals surface area contributed by atoms with Crippen LogP contribution in [0.15, 0.2) is 151 Å². The standard InChI is InChI=1S/C59H64.C5H12.C2H6/c1-42(12-15-45-20-26-52(27-21-45)58(51-10-8-6-7-9-11-51)38-35-48-24-13-43(2)40-55(48)58)34-37-57(4,5)50-30-32-54(33-31-50)59(39-36-49-25-14-44(3)41-56(49)59)53-28-22-47(23-29-53)19-18-46-16-17-46;1-3-5-4-2;1-2/h6,8-11,13-14,20-33,40-42,46H,12,15-19,34-39H2,1-5H3;3-5H2,1-2H3;1-2H3. The van der Waals surface area contributed by atoms with Crippen LogP contribution in [0.3, 0.4) is 0 Å². The number of allylic oxidation sites excluding steroid dienone is 5. The van der Waals surface area contributed by atoms with Gasteiger partial charge in [-0.15, -0.1) is 5.73 Å². The maximum absolute atomic E-state index is 3.29. The lowest BCUT2D eigenvalue weighted by atomic mass is 9.69. The van der Waals surface area contributed by atoms with Gasteiger partial charge in [-0.3, -0.25) is 0 Å². The molecular formula is C66H82. The zero-order valence-electron chi connectivity index (χ0n) is 42.5. The lowest BCUT2D eigenvalue weighted by molar-refractivity contribution is 0.386. The van der Waals surface area contributed by atoms with Crippen LogP contribution in [0, 0.1) is 25.7 Å². The van der Waals surface area contributed by atoms with E-state index in [4.69, 9.17) is 0 Å². The number of fused-ring (bicyclic) bond motifs is 2. The van der Waals surface area contributed by atoms with Gasteiger partial charge in [0.2, 0.25) is 0 Å². The molecule has 4 aliphatic carbocycles. The molecule has 1 saturated carbocycles. The summed E-state index contributed by atoms with van der Waals surface area (Å²) < 4.78 is 0. The third kappa shape index (κ3) is 10.9. The summed E-state index contributed by atoms with van der Waals surface area (Å²) in [5.41, 5.74) is 22.0. The van der Waals surface area contributed by atoms with Crippen LogP contribution in [0.4, 0.5) is 0 Å². The number of unbranched alkanes of at least 4 members (excludes halogenated alkanes) is 2. The Hall–Kier alpha value is -4.90. The Bertz CT molecular complexity index is 2470. The molecule has 0 bridgehead atoms. The first-order valence-electron chi connectivity index (χ1n) is 26.4. The van der Waals surface area contributed by atoms with Crippen molar-refractivity contribution in [3.8, 4) is 0 Å². The highest BCUT2D eigenvalue weighted by Crippen LogP contribution is 2.52. The van der Waals surface area contributed by atoms with Gasteiger partial charge < -0.3 is 0 Å². The molecule has 4 aliphatic rings. The Morgan fingerprint density at radius 3 is 1.73 bits per heavy atom. The fourth-order valence-electron chi connectivity index (χ4n) is 11.4. The van der Waals surface area contributed by atoms with E-state index in [1.807, 2.05) is 19.9 Å². The molecule has 3 atom stereocenters. The van der Waals surface area contributed by atoms with Crippen molar-refractivity contribution in [3.63, 3.8) is 0 Å². The summed E-state index contributed by atoms with van der Waals surface area (Å²) in [6, 6.07) is 43.6. The van der Waals surface area contributed by atoms with Crippen LogP contribution in [0.5, 0.6) is 0 Å². The maximum Gasteiger partial charge on any atom is 0.0457 e. The van der Waals surface area contributed by atoms with Gasteiger partial charge in [-0.05, 0) is 169 Å². The van der Waals surface area contributed by atoms with Gasteiger partial charge in [0, 0.05) is 10.8 Å². The molecule has 0 radical (unpaired) electrons. The number of benzene rings is 5. The summed E-state index contributed by atoms with van der Waals surface area (Å²) in [6.45, 7) is 20.3. The Kier molecular flexibility index (Phi) is 16.5. The predicted molar refractivity (Wildman–Crippen MR) is 286 cm³/mol. The quantitative estimate of drug-likeness (QED) is 0.0867. The number of hydrogen-bond donors (Lipinski definition) is 0. The lowest BCUT2D eigenvalue weighted by Crippen LogP contribution is -2.27. The molecular weight excluding hydrogens is 793 g/mol. The lowest BCUT2D eigenvalue weighted by Gasteiger charge is -2.34. The van der Waals surface area contributed by atoms with E-state index in [0.29, 0.717) is 5.92 Å². The van der Waals surface area contributed by atoms with Gasteiger partial charge in [-0.25, -0.2) is 0 Å². The minimum atomic E-state index is -0.120. The largest absolute Gasteiger partial charge is 0.121 e. The molecule has 0 nitrogen and oxygen atoms in total. The third-order valence-corrected chi connectivity index (χ3v) is 15.8. The van der Waals surface area contributed by atoms with Crippen molar-refractivity contribution in [2.24, 2.45) is 11.8 Å². The average Bonchev–Trinajstić information content (AvgIpc) is 4.08. The maximum atomic E-state index is 3.29. The molecule has 3 unspecified atom stereocenters. The summed E-state index contributed by atoms with van der Waals surface area (Å²) in [5, 5.41) is 0. The van der Waals surface area contributed by atoms with Gasteiger partial charge in [-0.2, -0.15) is 0 Å². The second-order valence-corrected chi connectivity index (χ2v) is 21.0. The minimum absolute atomic E-state index is 0.0919. The van der Waals surface area contributed by atoms with Crippen molar-refractivity contribution in [2.75, 3.05) is 0 Å². The molecule has 1 fully saturated rings. The van der Waals surface area contributed by atoms with Crippen LogP contribution >= 0.6 is 0 Å². The molecule has 0 amide bonds. The van der Waals surface area contributed by atoms with Crippen LogP contribution in [0.2, 0.25) is 0 Å². The molecule has 0 saturated heterocycles. The predicted octanol–water partition coefficient (Wildman–Crippen LogP) is 17.9. The van der Waals surface area contributed by atoms with E-state index in [1.54, 1.807) is 0 Å². The van der Waals surface area contributed by atoms with Crippen LogP contribution in [0.25, 0.3) is 0 Å². The van der Waals surface area contributed by atoms with Crippen LogP contribution in [0.1, 0.15) is 186 Å². The summed E-state index contributed by atoms with van der Waals surface area (Å²) >= 11 is 0. The number of aryl methyl sites for hydroxylation is 6. The van der Waals surface area contributed by atoms with Crippen LogP contribution in [-0.4, -0.2) is 0 Å². The third-order valence-electron chi connectivity index (χ3n) is 15.8. The van der Waals surface area contributed by atoms with Crippen LogP contribution < -0.4 is 0 Å². The van der Waals surface area contributed by atoms with Crippen molar-refractivity contribution in [3.05, 3.63) is 218 Å². The monoisotopic (exact) mass is 875 g/mol. The van der Waals surface area contributed by atoms with Crippen molar-refractivity contribution in [1.29, 1.82) is 0 Å². The Labute approximate surface area is 402 Å². The van der Waals surface area contributed by atoms with Gasteiger partial charge >= 0.3 is 0 Å². The Morgan fingerprint density at radius 1 is 0.636 bits per heavy atom. The average molecular weight is 875 g/mol. The van der Waals surface area contributed by atoms with Gasteiger partial charge in [-0.1, -0.05) is 219 Å². The van der Waals surface area contributed by atoms with Crippen molar-refractivity contribution >= 4 is 0 Å². The van der Waals surface area contributed by atoms with Crippen LogP contribution in [-0.2, 0) is 41.9 Å². The van der Waals surface area contributed by atoms with E-state index >= 15 is 0 Å². The Morgan fingerprint density at radius 2 is 1.17 bits per heavy atom. The van der Waals surface area contributed by atoms with E-state index in [0.717, 1.165) is 38.0 Å². The summed E-state index contributed by atoms with van der Waals surface area (Å²) in [4.78, 5) is 0. The second-order valence-electron chi connectivity index (χ2n) is 21.0. The Balaban J connectivity index is 0.000000869. The van der Waals surface area contributed by atoms with Crippen molar-refractivity contribution in [1.82, 2.24) is 0 Å². The molecule has 0 spiro atoms. The molecule has 5 aromatic carbocycles. The first kappa shape index (κ1) is 49.0. The summed E-state index contributed by atoms with van der Waals surface area (Å²) in [6.07, 6.45) is 29.6. The van der Waals surface area contributed by atoms with E-state index in [2.05, 4.69) is 188 Å². The SMILES string of the molecule is CC.CCCCC.Cc1ccc2c(c1)C(C1=CC=C=CC=C1)(c1ccc(CCC(C)CCC(C)(C)c3ccc(C4(c5ccc(CCC6CC6)cc5)CCc5ccc(C)cc54)cc3)cc1)CC2. The first-order chi connectivity index (χ1) is 32.1. The molecule has 9 rings (SSSR count). The summed E-state index contributed by atoms with van der Waals surface area (Å²) in [5.74, 6) is 1.64. The zero-order valence-corrected chi connectivity index (χ0v) is 42.5. The molecule has 0 heteroatoms. The highest BCUT2D eigenvalue weighted by Gasteiger charge is 2.43. The second kappa shape index (κ2) is 22.3. The molecule has 5 aromatic rings. The van der Waals surface area contributed by atoms with E-state index < -0.39 is 0 Å². The normalized spacial score (nSPS) is 19.7. The van der Waals surface area contributed by atoms with Gasteiger partial charge in [0.15, 0.2) is 0 Å². The molecule has 0 heterocycles. The molecule has 0 N–H and O–H groups in total. The van der Waals surface area contributed by atoms with Crippen molar-refractivity contribution in [2.45, 2.75) is 175 Å². The minimum Gasteiger partial charge on any atom is -0.121 e. The number of rotatable bonds is 16. The van der Waals surface area contributed by atoms with E-state index in [-0.39, 0.29) is 16.2 Å². The number of hydrogen-bond acceptors (Lipinski definition) is 0. The molecule has 0 aromatic heterocycles. The fourth-order valence-corrected chi connectivity index (χ4v) is 11.4. The fraction of sp³-hybridized carbons (Fsp3) is 0.439. The molecule has 66 heavy (non-hydrogen) atoms. The zero-order chi connectivity index (χ0) is 46.7. The van der Waals surface area contributed by atoms with E-state index in [9.17, 15) is 0 Å². The van der Waals surface area contributed by atoms with Gasteiger partial charge in [0.05, 0.1) is 0 Å². The van der Waals surface area contributed by atoms with E-state index in [1.165, 1.54) is 137 Å². The molecule has 346 valence electrons.